The van der Waals surface area contributed by atoms with Crippen LogP contribution >= 0.6 is 11.3 Å². The van der Waals surface area contributed by atoms with Gasteiger partial charge in [-0.25, -0.2) is 4.98 Å². The maximum atomic E-state index is 5.97. The van der Waals surface area contributed by atoms with Crippen molar-refractivity contribution in [3.63, 3.8) is 0 Å². The van der Waals surface area contributed by atoms with E-state index in [2.05, 4.69) is 26.1 Å². The molecular weight excluding hydrogens is 268 g/mol. The number of nitrogens with one attached hydrogen (secondary N) is 1. The number of ether oxygens (including phenoxy) is 1. The van der Waals surface area contributed by atoms with Crippen LogP contribution in [0, 0.1) is 5.92 Å². The average Bonchev–Trinajstić information content (AvgIpc) is 3.31. The van der Waals surface area contributed by atoms with Gasteiger partial charge in [-0.1, -0.05) is 13.8 Å². The first-order valence-corrected chi connectivity index (χ1v) is 8.85. The zero-order valence-corrected chi connectivity index (χ0v) is 13.6. The second-order valence-electron chi connectivity index (χ2n) is 6.38. The van der Waals surface area contributed by atoms with Gasteiger partial charge in [-0.05, 0) is 38.5 Å². The first kappa shape index (κ1) is 14.5. The molecule has 112 valence electrons. The molecule has 0 radical (unpaired) electrons. The molecule has 0 bridgehead atoms. The lowest BCUT2D eigenvalue weighted by Crippen LogP contribution is -2.21. The molecule has 2 aliphatic rings. The minimum absolute atomic E-state index is 0.260. The highest BCUT2D eigenvalue weighted by Crippen LogP contribution is 2.48. The van der Waals surface area contributed by atoms with Crippen LogP contribution in [0.4, 0.5) is 0 Å². The second-order valence-corrected chi connectivity index (χ2v) is 7.50. The molecule has 0 aromatic carbocycles. The zero-order chi connectivity index (χ0) is 14.1. The van der Waals surface area contributed by atoms with Gasteiger partial charge in [0.2, 0.25) is 0 Å². The molecule has 1 aromatic heterocycles. The summed E-state index contributed by atoms with van der Waals surface area (Å²) in [7, 11) is 0. The summed E-state index contributed by atoms with van der Waals surface area (Å²) in [6.07, 6.45) is 5.52. The first-order valence-electron chi connectivity index (χ1n) is 8.03. The van der Waals surface area contributed by atoms with Gasteiger partial charge < -0.3 is 10.1 Å². The fourth-order valence-corrected chi connectivity index (χ4v) is 3.84. The third kappa shape index (κ3) is 3.41. The van der Waals surface area contributed by atoms with Gasteiger partial charge in [-0.2, -0.15) is 0 Å². The van der Waals surface area contributed by atoms with Crippen LogP contribution in [-0.2, 0) is 11.3 Å². The fourth-order valence-electron chi connectivity index (χ4n) is 2.59. The van der Waals surface area contributed by atoms with Crippen LogP contribution in [0.15, 0.2) is 0 Å². The molecule has 1 atom stereocenters. The molecular formula is C16H26N2OS. The minimum atomic E-state index is 0.260. The number of hydrogen-bond donors (Lipinski definition) is 1. The Morgan fingerprint density at radius 1 is 1.30 bits per heavy atom. The molecule has 1 heterocycles. The van der Waals surface area contributed by atoms with E-state index < -0.39 is 0 Å². The SMILES string of the molecule is CCOC(c1nc(C2CC2)c(CNC(C)C)s1)C1CC1. The van der Waals surface area contributed by atoms with Crippen LogP contribution in [0.1, 0.15) is 74.1 Å². The van der Waals surface area contributed by atoms with Crippen molar-refractivity contribution in [2.75, 3.05) is 6.61 Å². The Hall–Kier alpha value is -0.450. The molecule has 2 aliphatic carbocycles. The van der Waals surface area contributed by atoms with Crippen molar-refractivity contribution in [3.05, 3.63) is 15.6 Å². The van der Waals surface area contributed by atoms with Gasteiger partial charge in [-0.3, -0.25) is 0 Å². The van der Waals surface area contributed by atoms with Crippen LogP contribution in [0.25, 0.3) is 0 Å². The summed E-state index contributed by atoms with van der Waals surface area (Å²) in [6, 6.07) is 0.527. The van der Waals surface area contributed by atoms with Crippen LogP contribution in [0.5, 0.6) is 0 Å². The summed E-state index contributed by atoms with van der Waals surface area (Å²) in [4.78, 5) is 6.43. The maximum Gasteiger partial charge on any atom is 0.122 e. The predicted molar refractivity (Wildman–Crippen MR) is 83.2 cm³/mol. The molecule has 1 N–H and O–H groups in total. The van der Waals surface area contributed by atoms with Crippen LogP contribution in [-0.4, -0.2) is 17.6 Å². The van der Waals surface area contributed by atoms with Crippen LogP contribution < -0.4 is 5.32 Å². The summed E-state index contributed by atoms with van der Waals surface area (Å²) >= 11 is 1.89. The van der Waals surface area contributed by atoms with Gasteiger partial charge in [0.25, 0.3) is 0 Å². The first-order chi connectivity index (χ1) is 9.69. The Labute approximate surface area is 126 Å². The van der Waals surface area contributed by atoms with Gasteiger partial charge in [0.1, 0.15) is 11.1 Å². The Bertz CT molecular complexity index is 449. The molecule has 0 amide bonds. The Morgan fingerprint density at radius 2 is 2.05 bits per heavy atom. The number of aromatic nitrogens is 1. The van der Waals surface area contributed by atoms with E-state index in [4.69, 9.17) is 9.72 Å². The number of thiazole rings is 1. The van der Waals surface area contributed by atoms with Crippen molar-refractivity contribution < 1.29 is 4.74 Å². The number of nitrogens with zero attached hydrogens (tertiary/aromatic N) is 1. The van der Waals surface area contributed by atoms with Crippen LogP contribution in [0.2, 0.25) is 0 Å². The van der Waals surface area contributed by atoms with E-state index in [1.165, 1.54) is 41.3 Å². The average molecular weight is 294 g/mol. The van der Waals surface area contributed by atoms with Gasteiger partial charge in [0.15, 0.2) is 0 Å². The third-order valence-corrected chi connectivity index (χ3v) is 5.15. The predicted octanol–water partition coefficient (Wildman–Crippen LogP) is 4.01. The Balaban J connectivity index is 1.78. The van der Waals surface area contributed by atoms with Gasteiger partial charge in [0, 0.05) is 30.0 Å². The summed E-state index contributed by atoms with van der Waals surface area (Å²) in [5, 5.41) is 4.78. The van der Waals surface area contributed by atoms with E-state index in [1.54, 1.807) is 0 Å². The summed E-state index contributed by atoms with van der Waals surface area (Å²) < 4.78 is 5.97. The van der Waals surface area contributed by atoms with Crippen LogP contribution in [0.3, 0.4) is 0 Å². The maximum absolute atomic E-state index is 5.97. The third-order valence-electron chi connectivity index (χ3n) is 4.02. The molecule has 0 saturated heterocycles. The highest BCUT2D eigenvalue weighted by Gasteiger charge is 2.37. The van der Waals surface area contributed by atoms with Crippen molar-refractivity contribution in [2.45, 2.75) is 71.1 Å². The lowest BCUT2D eigenvalue weighted by Gasteiger charge is -2.12. The largest absolute Gasteiger partial charge is 0.371 e. The highest BCUT2D eigenvalue weighted by atomic mass is 32.1. The van der Waals surface area contributed by atoms with Crippen molar-refractivity contribution >= 4 is 11.3 Å². The normalized spacial score (nSPS) is 20.6. The topological polar surface area (TPSA) is 34.1 Å². The molecule has 20 heavy (non-hydrogen) atoms. The lowest BCUT2D eigenvalue weighted by molar-refractivity contribution is 0.0461. The fraction of sp³-hybridized carbons (Fsp3) is 0.812. The minimum Gasteiger partial charge on any atom is -0.371 e. The summed E-state index contributed by atoms with van der Waals surface area (Å²) in [6.45, 7) is 8.24. The van der Waals surface area contributed by atoms with Crippen molar-refractivity contribution in [3.8, 4) is 0 Å². The summed E-state index contributed by atoms with van der Waals surface area (Å²) in [5.74, 6) is 1.45. The quantitative estimate of drug-likeness (QED) is 0.786. The molecule has 4 heteroatoms. The van der Waals surface area contributed by atoms with E-state index in [-0.39, 0.29) is 6.10 Å². The standard InChI is InChI=1S/C16H26N2OS/c1-4-19-15(12-7-8-12)16-18-14(11-5-6-11)13(20-16)9-17-10(2)3/h10-12,15,17H,4-9H2,1-3H3. The van der Waals surface area contributed by atoms with E-state index in [9.17, 15) is 0 Å². The van der Waals surface area contributed by atoms with E-state index in [0.29, 0.717) is 6.04 Å². The molecule has 2 fully saturated rings. The summed E-state index contributed by atoms with van der Waals surface area (Å²) in [5.41, 5.74) is 1.36. The van der Waals surface area contributed by atoms with E-state index in [0.717, 1.165) is 25.0 Å². The smallest absolute Gasteiger partial charge is 0.122 e. The van der Waals surface area contributed by atoms with Gasteiger partial charge >= 0.3 is 0 Å². The molecule has 0 aliphatic heterocycles. The molecule has 1 aromatic rings. The zero-order valence-electron chi connectivity index (χ0n) is 12.8. The second kappa shape index (κ2) is 6.12. The Kier molecular flexibility index (Phi) is 4.43. The molecule has 3 nitrogen and oxygen atoms in total. The van der Waals surface area contributed by atoms with Gasteiger partial charge in [-0.15, -0.1) is 11.3 Å². The number of hydrogen-bond acceptors (Lipinski definition) is 4. The van der Waals surface area contributed by atoms with Crippen molar-refractivity contribution in [1.82, 2.24) is 10.3 Å². The lowest BCUT2D eigenvalue weighted by atomic mass is 10.2. The highest BCUT2D eigenvalue weighted by molar-refractivity contribution is 7.11. The van der Waals surface area contributed by atoms with Crippen molar-refractivity contribution in [2.24, 2.45) is 5.92 Å². The van der Waals surface area contributed by atoms with Gasteiger partial charge in [0.05, 0.1) is 5.69 Å². The molecule has 3 rings (SSSR count). The van der Waals surface area contributed by atoms with Crippen molar-refractivity contribution in [1.29, 1.82) is 0 Å². The van der Waals surface area contributed by atoms with E-state index in [1.807, 2.05) is 11.3 Å². The monoisotopic (exact) mass is 294 g/mol. The van der Waals surface area contributed by atoms with E-state index >= 15 is 0 Å². The molecule has 1 unspecified atom stereocenters. The molecule has 0 spiro atoms. The Morgan fingerprint density at radius 3 is 2.60 bits per heavy atom. The molecule has 2 saturated carbocycles. The number of rotatable bonds is 8.